The Kier molecular flexibility index (Phi) is 2.71. The number of rotatable bonds is 1. The van der Waals surface area contributed by atoms with E-state index in [1.54, 1.807) is 0 Å². The first-order valence-electron chi connectivity index (χ1n) is 4.84. The maximum Gasteiger partial charge on any atom is 0.396 e. The second kappa shape index (κ2) is 3.89. The van der Waals surface area contributed by atoms with Crippen LogP contribution in [0.25, 0.3) is 0 Å². The van der Waals surface area contributed by atoms with Crippen LogP contribution in [-0.2, 0) is 19.4 Å². The zero-order valence-corrected chi connectivity index (χ0v) is 8.32. The van der Waals surface area contributed by atoms with Gasteiger partial charge in [0.25, 0.3) is 5.56 Å². The fourth-order valence-corrected chi connectivity index (χ4v) is 1.69. The Balaban J connectivity index is 2.36. The summed E-state index contributed by atoms with van der Waals surface area (Å²) in [6.07, 6.45) is -5.05. The molecule has 0 unspecified atom stereocenters. The van der Waals surface area contributed by atoms with Crippen molar-refractivity contribution in [1.29, 1.82) is 0 Å². The lowest BCUT2D eigenvalue weighted by molar-refractivity contribution is -0.128. The fourth-order valence-electron chi connectivity index (χ4n) is 1.69. The monoisotopic (exact) mass is 233 g/mol. The van der Waals surface area contributed by atoms with Gasteiger partial charge >= 0.3 is 6.18 Å². The van der Waals surface area contributed by atoms with Gasteiger partial charge in [-0.3, -0.25) is 4.79 Å². The molecule has 1 aromatic heterocycles. The number of aromatic nitrogens is 2. The van der Waals surface area contributed by atoms with Crippen molar-refractivity contribution < 1.29 is 13.2 Å². The van der Waals surface area contributed by atoms with E-state index in [4.69, 9.17) is 0 Å². The third kappa shape index (κ3) is 2.41. The predicted molar refractivity (Wildman–Crippen MR) is 50.0 cm³/mol. The number of hydrogen-bond acceptors (Lipinski definition) is 3. The third-order valence-electron chi connectivity index (χ3n) is 2.36. The molecule has 0 saturated carbocycles. The molecule has 1 aromatic rings. The van der Waals surface area contributed by atoms with Crippen LogP contribution in [0.15, 0.2) is 4.79 Å². The first kappa shape index (κ1) is 11.1. The molecular weight excluding hydrogens is 223 g/mol. The SMILES string of the molecule is O=c1[nH]c(CC(F)(F)F)nc2c1CCNC2. The van der Waals surface area contributed by atoms with Crippen molar-refractivity contribution >= 4 is 0 Å². The number of hydrogen-bond donors (Lipinski definition) is 2. The zero-order chi connectivity index (χ0) is 11.8. The summed E-state index contributed by atoms with van der Waals surface area (Å²) < 4.78 is 36.4. The van der Waals surface area contributed by atoms with Crippen molar-refractivity contribution in [2.24, 2.45) is 0 Å². The predicted octanol–water partition coefficient (Wildman–Crippen LogP) is 0.520. The van der Waals surface area contributed by atoms with Gasteiger partial charge in [-0.1, -0.05) is 0 Å². The standard InChI is InChI=1S/C9H10F3N3O/c10-9(11,12)3-7-14-6-4-13-2-1-5(6)8(16)15-7/h13H,1-4H2,(H,14,15,16). The lowest BCUT2D eigenvalue weighted by Gasteiger charge is -2.16. The van der Waals surface area contributed by atoms with Crippen LogP contribution in [0.3, 0.4) is 0 Å². The summed E-state index contributed by atoms with van der Waals surface area (Å²) in [6, 6.07) is 0. The van der Waals surface area contributed by atoms with E-state index in [-0.39, 0.29) is 5.82 Å². The molecular formula is C9H10F3N3O. The molecule has 0 spiro atoms. The van der Waals surface area contributed by atoms with Crippen molar-refractivity contribution in [3.8, 4) is 0 Å². The number of nitrogens with zero attached hydrogens (tertiary/aromatic N) is 1. The van der Waals surface area contributed by atoms with Crippen molar-refractivity contribution in [2.75, 3.05) is 6.54 Å². The quantitative estimate of drug-likeness (QED) is 0.743. The van der Waals surface area contributed by atoms with Gasteiger partial charge in [-0.25, -0.2) is 4.98 Å². The summed E-state index contributed by atoms with van der Waals surface area (Å²) in [5, 5.41) is 2.96. The summed E-state index contributed by atoms with van der Waals surface area (Å²) in [5.74, 6) is -0.319. The Morgan fingerprint density at radius 2 is 2.12 bits per heavy atom. The van der Waals surface area contributed by atoms with E-state index in [1.807, 2.05) is 0 Å². The van der Waals surface area contributed by atoms with Crippen LogP contribution < -0.4 is 10.9 Å². The Hall–Kier alpha value is -1.37. The van der Waals surface area contributed by atoms with Crippen molar-refractivity contribution in [3.63, 3.8) is 0 Å². The molecule has 7 heteroatoms. The van der Waals surface area contributed by atoms with Crippen molar-refractivity contribution in [2.45, 2.75) is 25.6 Å². The molecule has 0 fully saturated rings. The molecule has 0 radical (unpaired) electrons. The molecule has 2 N–H and O–H groups in total. The van der Waals surface area contributed by atoms with Crippen molar-refractivity contribution in [1.82, 2.24) is 15.3 Å². The Morgan fingerprint density at radius 1 is 1.38 bits per heavy atom. The number of nitrogens with one attached hydrogen (secondary N) is 2. The largest absolute Gasteiger partial charge is 0.396 e. The van der Waals surface area contributed by atoms with E-state index in [0.717, 1.165) is 0 Å². The van der Waals surface area contributed by atoms with Crippen LogP contribution in [0.4, 0.5) is 13.2 Å². The second-order valence-electron chi connectivity index (χ2n) is 3.66. The minimum Gasteiger partial charge on any atom is -0.311 e. The van der Waals surface area contributed by atoms with Crippen LogP contribution in [0.5, 0.6) is 0 Å². The maximum atomic E-state index is 12.1. The summed E-state index contributed by atoms with van der Waals surface area (Å²) in [6.45, 7) is 1.00. The van der Waals surface area contributed by atoms with Crippen LogP contribution in [-0.4, -0.2) is 22.7 Å². The summed E-state index contributed by atoms with van der Waals surface area (Å²) >= 11 is 0. The summed E-state index contributed by atoms with van der Waals surface area (Å²) in [5.41, 5.74) is 0.463. The minimum absolute atomic E-state index is 0.319. The summed E-state index contributed by atoms with van der Waals surface area (Å²) in [4.78, 5) is 17.5. The van der Waals surface area contributed by atoms with E-state index in [0.29, 0.717) is 30.8 Å². The maximum absolute atomic E-state index is 12.1. The molecule has 0 saturated heterocycles. The fraction of sp³-hybridized carbons (Fsp3) is 0.556. The van der Waals surface area contributed by atoms with Gasteiger partial charge in [0, 0.05) is 12.1 Å². The molecule has 0 aliphatic carbocycles. The third-order valence-corrected chi connectivity index (χ3v) is 2.36. The van der Waals surface area contributed by atoms with Crippen LogP contribution in [0.2, 0.25) is 0 Å². The first-order valence-corrected chi connectivity index (χ1v) is 4.84. The molecule has 0 atom stereocenters. The van der Waals surface area contributed by atoms with Gasteiger partial charge in [-0.05, 0) is 13.0 Å². The van der Waals surface area contributed by atoms with E-state index in [2.05, 4.69) is 15.3 Å². The number of aromatic amines is 1. The number of fused-ring (bicyclic) bond motifs is 1. The topological polar surface area (TPSA) is 57.8 Å². The molecule has 2 heterocycles. The Labute approximate surface area is 88.9 Å². The first-order chi connectivity index (χ1) is 7.46. The van der Waals surface area contributed by atoms with E-state index >= 15 is 0 Å². The lowest BCUT2D eigenvalue weighted by atomic mass is 10.1. The van der Waals surface area contributed by atoms with Crippen LogP contribution in [0.1, 0.15) is 17.1 Å². The van der Waals surface area contributed by atoms with Gasteiger partial charge in [-0.15, -0.1) is 0 Å². The molecule has 16 heavy (non-hydrogen) atoms. The Bertz CT molecular complexity index is 452. The van der Waals surface area contributed by atoms with E-state index in [1.165, 1.54) is 0 Å². The zero-order valence-electron chi connectivity index (χ0n) is 8.32. The highest BCUT2D eigenvalue weighted by atomic mass is 19.4. The molecule has 0 bridgehead atoms. The number of H-pyrrole nitrogens is 1. The molecule has 1 aliphatic rings. The second-order valence-corrected chi connectivity index (χ2v) is 3.66. The number of alkyl halides is 3. The highest BCUT2D eigenvalue weighted by Gasteiger charge is 2.30. The molecule has 4 nitrogen and oxygen atoms in total. The van der Waals surface area contributed by atoms with Gasteiger partial charge in [0.05, 0.1) is 5.69 Å². The van der Waals surface area contributed by atoms with Gasteiger partial charge in [0.1, 0.15) is 12.2 Å². The summed E-state index contributed by atoms with van der Waals surface area (Å²) in [7, 11) is 0. The lowest BCUT2D eigenvalue weighted by Crippen LogP contribution is -2.32. The van der Waals surface area contributed by atoms with E-state index < -0.39 is 18.2 Å². The smallest absolute Gasteiger partial charge is 0.311 e. The Morgan fingerprint density at radius 3 is 2.81 bits per heavy atom. The molecule has 0 aromatic carbocycles. The van der Waals surface area contributed by atoms with Crippen LogP contribution >= 0.6 is 0 Å². The number of halogens is 3. The molecule has 0 amide bonds. The highest BCUT2D eigenvalue weighted by Crippen LogP contribution is 2.19. The average molecular weight is 233 g/mol. The van der Waals surface area contributed by atoms with Gasteiger partial charge < -0.3 is 10.3 Å². The molecule has 88 valence electrons. The molecule has 1 aliphatic heterocycles. The van der Waals surface area contributed by atoms with E-state index in [9.17, 15) is 18.0 Å². The van der Waals surface area contributed by atoms with Crippen LogP contribution in [0, 0.1) is 0 Å². The normalized spacial score (nSPS) is 15.9. The average Bonchev–Trinajstić information content (AvgIpc) is 2.15. The highest BCUT2D eigenvalue weighted by molar-refractivity contribution is 5.20. The van der Waals surface area contributed by atoms with Gasteiger partial charge in [-0.2, -0.15) is 13.2 Å². The van der Waals surface area contributed by atoms with Gasteiger partial charge in [0.2, 0.25) is 0 Å². The molecule has 2 rings (SSSR count). The van der Waals surface area contributed by atoms with Crippen molar-refractivity contribution in [3.05, 3.63) is 27.4 Å². The minimum atomic E-state index is -4.35. The van der Waals surface area contributed by atoms with Gasteiger partial charge in [0.15, 0.2) is 0 Å².